The Kier molecular flexibility index (Phi) is 5.37. The van der Waals surface area contributed by atoms with Gasteiger partial charge in [0.25, 0.3) is 0 Å². The van der Waals surface area contributed by atoms with Crippen LogP contribution < -0.4 is 9.77 Å². The lowest BCUT2D eigenvalue weighted by Crippen LogP contribution is -2.46. The fourth-order valence-corrected chi connectivity index (χ4v) is 4.48. The molecule has 0 radical (unpaired) electrons. The summed E-state index contributed by atoms with van der Waals surface area (Å²) in [6.07, 6.45) is 3.52. The first-order valence-electron chi connectivity index (χ1n) is 9.42. The Labute approximate surface area is 158 Å². The van der Waals surface area contributed by atoms with E-state index in [0.29, 0.717) is 0 Å². The van der Waals surface area contributed by atoms with Gasteiger partial charge in [0.2, 0.25) is 0 Å². The minimum atomic E-state index is 0.0341. The zero-order valence-corrected chi connectivity index (χ0v) is 15.8. The molecule has 5 heteroatoms. The molecule has 0 aliphatic carbocycles. The monoisotopic (exact) mass is 367 g/mol. The number of nitrogens with one attached hydrogen (secondary N) is 1. The predicted molar refractivity (Wildman–Crippen MR) is 110 cm³/mol. The maximum atomic E-state index is 11.4. The molecule has 0 saturated carbocycles. The highest BCUT2D eigenvalue weighted by Gasteiger charge is 2.16. The van der Waals surface area contributed by atoms with Gasteiger partial charge < -0.3 is 9.88 Å². The van der Waals surface area contributed by atoms with Gasteiger partial charge in [-0.25, -0.2) is 0 Å². The van der Waals surface area contributed by atoms with Gasteiger partial charge >= 0.3 is 4.87 Å². The van der Waals surface area contributed by atoms with Crippen LogP contribution >= 0.6 is 11.3 Å². The first kappa shape index (κ1) is 17.3. The molecular formula is C21H25N3OS. The number of fused-ring (bicyclic) bond motifs is 1. The third-order valence-corrected chi connectivity index (χ3v) is 6.01. The largest absolute Gasteiger partial charge is 0.369 e. The molecular weight excluding hydrogens is 342 g/mol. The lowest BCUT2D eigenvalue weighted by molar-refractivity contribution is 0.253. The summed E-state index contributed by atoms with van der Waals surface area (Å²) in [5, 5.41) is 0. The van der Waals surface area contributed by atoms with Crippen molar-refractivity contribution in [1.82, 2.24) is 9.88 Å². The molecule has 0 unspecified atom stereocenters. The summed E-state index contributed by atoms with van der Waals surface area (Å²) in [5.41, 5.74) is 3.64. The molecule has 1 N–H and O–H groups in total. The normalized spacial score (nSPS) is 15.6. The van der Waals surface area contributed by atoms with Crippen molar-refractivity contribution in [3.8, 4) is 0 Å². The number of aromatic nitrogens is 1. The standard InChI is InChI=1S/C21H25N3OS/c25-21-22-19-10-9-17(16-20(19)26-21)6-4-5-11-23-12-14-24(15-13-23)18-7-2-1-3-8-18/h1-3,7-10,16H,4-6,11-15H2,(H,22,25). The molecule has 1 fully saturated rings. The second-order valence-electron chi connectivity index (χ2n) is 6.97. The fourth-order valence-electron chi connectivity index (χ4n) is 3.68. The highest BCUT2D eigenvalue weighted by molar-refractivity contribution is 7.16. The van der Waals surface area contributed by atoms with E-state index in [9.17, 15) is 4.79 Å². The zero-order valence-electron chi connectivity index (χ0n) is 15.0. The van der Waals surface area contributed by atoms with Crippen LogP contribution in [0.15, 0.2) is 53.3 Å². The minimum absolute atomic E-state index is 0.0341. The molecule has 0 bridgehead atoms. The number of unbranched alkanes of at least 4 members (excludes halogenated alkanes) is 1. The van der Waals surface area contributed by atoms with Gasteiger partial charge in [0.05, 0.1) is 10.2 Å². The average Bonchev–Trinajstić information content (AvgIpc) is 3.06. The maximum Gasteiger partial charge on any atom is 0.305 e. The quantitative estimate of drug-likeness (QED) is 0.675. The fraction of sp³-hybridized carbons (Fsp3) is 0.381. The highest BCUT2D eigenvalue weighted by atomic mass is 32.1. The number of nitrogens with zero attached hydrogens (tertiary/aromatic N) is 2. The van der Waals surface area contributed by atoms with E-state index in [1.54, 1.807) is 0 Å². The Hall–Kier alpha value is -2.11. The lowest BCUT2D eigenvalue weighted by atomic mass is 10.1. The van der Waals surface area contributed by atoms with E-state index in [0.717, 1.165) is 42.8 Å². The lowest BCUT2D eigenvalue weighted by Gasteiger charge is -2.36. The zero-order chi connectivity index (χ0) is 17.8. The number of para-hydroxylation sites is 1. The van der Waals surface area contributed by atoms with Crippen LogP contribution in [0.1, 0.15) is 18.4 Å². The van der Waals surface area contributed by atoms with E-state index in [1.807, 2.05) is 6.07 Å². The van der Waals surface area contributed by atoms with Crippen LogP contribution in [0.2, 0.25) is 0 Å². The number of anilines is 1. The molecule has 3 aromatic rings. The number of rotatable bonds is 6. The molecule has 26 heavy (non-hydrogen) atoms. The van der Waals surface area contributed by atoms with E-state index in [-0.39, 0.29) is 4.87 Å². The van der Waals surface area contributed by atoms with Crippen LogP contribution in [0.5, 0.6) is 0 Å². The molecule has 2 heterocycles. The third-order valence-electron chi connectivity index (χ3n) is 5.17. The molecule has 2 aromatic carbocycles. The molecule has 0 atom stereocenters. The van der Waals surface area contributed by atoms with Crippen LogP contribution in [0.4, 0.5) is 5.69 Å². The Morgan fingerprint density at radius 1 is 0.962 bits per heavy atom. The number of H-pyrrole nitrogens is 1. The maximum absolute atomic E-state index is 11.4. The smallest absolute Gasteiger partial charge is 0.305 e. The summed E-state index contributed by atoms with van der Waals surface area (Å²) in [7, 11) is 0. The summed E-state index contributed by atoms with van der Waals surface area (Å²) < 4.78 is 1.07. The van der Waals surface area contributed by atoms with Gasteiger partial charge in [-0.1, -0.05) is 35.6 Å². The first-order valence-corrected chi connectivity index (χ1v) is 10.2. The number of thiazole rings is 1. The van der Waals surface area contributed by atoms with Crippen LogP contribution in [-0.4, -0.2) is 42.6 Å². The number of benzene rings is 2. The van der Waals surface area contributed by atoms with Gasteiger partial charge in [0.15, 0.2) is 0 Å². The second kappa shape index (κ2) is 8.06. The molecule has 1 aromatic heterocycles. The van der Waals surface area contributed by atoms with Gasteiger partial charge in [-0.05, 0) is 55.6 Å². The summed E-state index contributed by atoms with van der Waals surface area (Å²) in [6, 6.07) is 17.1. The summed E-state index contributed by atoms with van der Waals surface area (Å²) in [4.78, 5) is 19.4. The van der Waals surface area contributed by atoms with Gasteiger partial charge in [-0.3, -0.25) is 9.69 Å². The number of hydrogen-bond donors (Lipinski definition) is 1. The molecule has 0 spiro atoms. The van der Waals surface area contributed by atoms with E-state index < -0.39 is 0 Å². The van der Waals surface area contributed by atoms with Crippen molar-refractivity contribution < 1.29 is 0 Å². The van der Waals surface area contributed by atoms with E-state index in [2.05, 4.69) is 57.2 Å². The van der Waals surface area contributed by atoms with Crippen LogP contribution in [0.3, 0.4) is 0 Å². The van der Waals surface area contributed by atoms with Crippen molar-refractivity contribution in [2.24, 2.45) is 0 Å². The number of hydrogen-bond acceptors (Lipinski definition) is 4. The number of aryl methyl sites for hydroxylation is 1. The molecule has 4 rings (SSSR count). The Bertz CT molecular complexity index is 894. The number of piperazine rings is 1. The van der Waals surface area contributed by atoms with Gasteiger partial charge in [-0.15, -0.1) is 0 Å². The summed E-state index contributed by atoms with van der Waals surface area (Å²) in [6.45, 7) is 5.72. The van der Waals surface area contributed by atoms with E-state index in [4.69, 9.17) is 0 Å². The number of aromatic amines is 1. The molecule has 136 valence electrons. The molecule has 4 nitrogen and oxygen atoms in total. The van der Waals surface area contributed by atoms with Crippen LogP contribution in [-0.2, 0) is 6.42 Å². The predicted octanol–water partition coefficient (Wildman–Crippen LogP) is 3.73. The van der Waals surface area contributed by atoms with E-state index >= 15 is 0 Å². The molecule has 0 amide bonds. The molecule has 1 aliphatic heterocycles. The third kappa shape index (κ3) is 4.17. The second-order valence-corrected chi connectivity index (χ2v) is 7.98. The van der Waals surface area contributed by atoms with Crippen molar-refractivity contribution in [3.63, 3.8) is 0 Å². The van der Waals surface area contributed by atoms with E-state index in [1.165, 1.54) is 42.0 Å². The molecule has 1 saturated heterocycles. The SMILES string of the molecule is O=c1[nH]c2ccc(CCCCN3CCN(c4ccccc4)CC3)cc2s1. The van der Waals surface area contributed by atoms with Gasteiger partial charge in [0, 0.05) is 31.9 Å². The van der Waals surface area contributed by atoms with Gasteiger partial charge in [-0.2, -0.15) is 0 Å². The highest BCUT2D eigenvalue weighted by Crippen LogP contribution is 2.18. The Balaban J connectivity index is 1.20. The first-order chi connectivity index (χ1) is 12.8. The van der Waals surface area contributed by atoms with Crippen molar-refractivity contribution in [2.45, 2.75) is 19.3 Å². The Morgan fingerprint density at radius 2 is 1.77 bits per heavy atom. The summed E-state index contributed by atoms with van der Waals surface area (Å²) >= 11 is 1.30. The molecule has 1 aliphatic rings. The summed E-state index contributed by atoms with van der Waals surface area (Å²) in [5.74, 6) is 0. The minimum Gasteiger partial charge on any atom is -0.369 e. The van der Waals surface area contributed by atoms with Crippen molar-refractivity contribution in [2.75, 3.05) is 37.6 Å². The topological polar surface area (TPSA) is 39.3 Å². The van der Waals surface area contributed by atoms with Crippen molar-refractivity contribution >= 4 is 27.2 Å². The van der Waals surface area contributed by atoms with Gasteiger partial charge in [0.1, 0.15) is 0 Å². The average molecular weight is 368 g/mol. The van der Waals surface area contributed by atoms with Crippen LogP contribution in [0, 0.1) is 0 Å². The van der Waals surface area contributed by atoms with Crippen molar-refractivity contribution in [3.05, 3.63) is 63.8 Å². The Morgan fingerprint density at radius 3 is 2.58 bits per heavy atom. The van der Waals surface area contributed by atoms with Crippen molar-refractivity contribution in [1.29, 1.82) is 0 Å². The van der Waals surface area contributed by atoms with Crippen LogP contribution in [0.25, 0.3) is 10.2 Å².